The highest BCUT2D eigenvalue weighted by atomic mass is 16.5. The van der Waals surface area contributed by atoms with E-state index in [1.165, 1.54) is 6.42 Å². The van der Waals surface area contributed by atoms with Gasteiger partial charge in [0.05, 0.1) is 19.4 Å². The number of nitrogens with two attached hydrogens (primary N) is 1. The highest BCUT2D eigenvalue weighted by Crippen LogP contribution is 2.36. The van der Waals surface area contributed by atoms with Crippen LogP contribution in [0.25, 0.3) is 11.1 Å². The van der Waals surface area contributed by atoms with Crippen molar-refractivity contribution >= 4 is 5.82 Å². The summed E-state index contributed by atoms with van der Waals surface area (Å²) in [6.07, 6.45) is 5.59. The van der Waals surface area contributed by atoms with Gasteiger partial charge in [-0.15, -0.1) is 0 Å². The molecule has 1 heterocycles. The summed E-state index contributed by atoms with van der Waals surface area (Å²) in [6, 6.07) is 5.88. The fourth-order valence-corrected chi connectivity index (χ4v) is 2.27. The zero-order chi connectivity index (χ0) is 14.1. The van der Waals surface area contributed by atoms with E-state index in [9.17, 15) is 0 Å². The summed E-state index contributed by atoms with van der Waals surface area (Å²) in [6.45, 7) is 0. The van der Waals surface area contributed by atoms with Crippen LogP contribution in [0.1, 0.15) is 19.3 Å². The van der Waals surface area contributed by atoms with Crippen LogP contribution in [0.15, 0.2) is 24.4 Å². The number of methoxy groups -OCH3 is 1. The summed E-state index contributed by atoms with van der Waals surface area (Å²) >= 11 is 0. The maximum absolute atomic E-state index is 6.00. The van der Waals surface area contributed by atoms with E-state index in [2.05, 4.69) is 5.10 Å². The minimum atomic E-state index is 0.332. The van der Waals surface area contributed by atoms with Gasteiger partial charge in [-0.05, 0) is 37.0 Å². The molecule has 0 unspecified atom stereocenters. The van der Waals surface area contributed by atoms with E-state index in [1.807, 2.05) is 25.2 Å². The Bertz CT molecular complexity index is 618. The van der Waals surface area contributed by atoms with Crippen LogP contribution in [0.2, 0.25) is 0 Å². The summed E-state index contributed by atoms with van der Waals surface area (Å²) in [5.41, 5.74) is 7.89. The molecule has 3 rings (SSSR count). The minimum Gasteiger partial charge on any atom is -0.493 e. The Morgan fingerprint density at radius 2 is 2.10 bits per heavy atom. The van der Waals surface area contributed by atoms with Crippen molar-refractivity contribution < 1.29 is 9.47 Å². The fraction of sp³-hybridized carbons (Fsp3) is 0.400. The SMILES string of the molecule is COc1cc(-c2cnn(C)c2N)ccc1OC1CCC1. The van der Waals surface area contributed by atoms with E-state index in [0.29, 0.717) is 11.9 Å². The van der Waals surface area contributed by atoms with E-state index in [4.69, 9.17) is 15.2 Å². The number of hydrogen-bond donors (Lipinski definition) is 1. The molecule has 0 saturated heterocycles. The molecule has 1 fully saturated rings. The molecule has 0 radical (unpaired) electrons. The maximum atomic E-state index is 6.00. The van der Waals surface area contributed by atoms with Crippen LogP contribution in [0, 0.1) is 0 Å². The first-order valence-electron chi connectivity index (χ1n) is 6.81. The first kappa shape index (κ1) is 12.8. The van der Waals surface area contributed by atoms with Gasteiger partial charge in [0.1, 0.15) is 5.82 Å². The average molecular weight is 273 g/mol. The molecular weight excluding hydrogens is 254 g/mol. The molecule has 5 heteroatoms. The lowest BCUT2D eigenvalue weighted by atomic mass is 9.96. The molecule has 1 aromatic carbocycles. The molecule has 1 saturated carbocycles. The van der Waals surface area contributed by atoms with Gasteiger partial charge in [0, 0.05) is 12.6 Å². The van der Waals surface area contributed by atoms with Crippen molar-refractivity contribution in [1.82, 2.24) is 9.78 Å². The Morgan fingerprint density at radius 3 is 2.65 bits per heavy atom. The third kappa shape index (κ3) is 2.19. The molecule has 2 N–H and O–H groups in total. The molecule has 0 bridgehead atoms. The molecule has 5 nitrogen and oxygen atoms in total. The van der Waals surface area contributed by atoms with E-state index in [1.54, 1.807) is 18.0 Å². The second-order valence-corrected chi connectivity index (χ2v) is 5.10. The molecule has 0 atom stereocenters. The van der Waals surface area contributed by atoms with Crippen molar-refractivity contribution in [3.63, 3.8) is 0 Å². The quantitative estimate of drug-likeness (QED) is 0.930. The molecule has 0 spiro atoms. The van der Waals surface area contributed by atoms with Gasteiger partial charge in [-0.2, -0.15) is 5.10 Å². The summed E-state index contributed by atoms with van der Waals surface area (Å²) in [4.78, 5) is 0. The lowest BCUT2D eigenvalue weighted by Gasteiger charge is -2.27. The summed E-state index contributed by atoms with van der Waals surface area (Å²) < 4.78 is 13.0. The molecule has 1 aliphatic rings. The van der Waals surface area contributed by atoms with Crippen LogP contribution in [0.4, 0.5) is 5.82 Å². The zero-order valence-electron chi connectivity index (χ0n) is 11.8. The highest BCUT2D eigenvalue weighted by Gasteiger charge is 2.21. The minimum absolute atomic E-state index is 0.332. The predicted molar refractivity (Wildman–Crippen MR) is 77.9 cm³/mol. The van der Waals surface area contributed by atoms with Crippen molar-refractivity contribution in [2.24, 2.45) is 7.05 Å². The van der Waals surface area contributed by atoms with E-state index in [0.717, 1.165) is 35.5 Å². The van der Waals surface area contributed by atoms with Crippen molar-refractivity contribution in [2.75, 3.05) is 12.8 Å². The van der Waals surface area contributed by atoms with E-state index in [-0.39, 0.29) is 0 Å². The standard InChI is InChI=1S/C15H19N3O2/c1-18-15(16)12(9-17-18)10-6-7-13(14(8-10)19-2)20-11-4-3-5-11/h6-9,11H,3-5,16H2,1-2H3. The van der Waals surface area contributed by atoms with Crippen LogP contribution in [-0.4, -0.2) is 23.0 Å². The van der Waals surface area contributed by atoms with Gasteiger partial charge in [0.2, 0.25) is 0 Å². The monoisotopic (exact) mass is 273 g/mol. The molecule has 20 heavy (non-hydrogen) atoms. The second-order valence-electron chi connectivity index (χ2n) is 5.10. The predicted octanol–water partition coefficient (Wildman–Crippen LogP) is 2.61. The van der Waals surface area contributed by atoms with Crippen LogP contribution in [-0.2, 0) is 7.05 Å². The molecule has 0 amide bonds. The topological polar surface area (TPSA) is 62.3 Å². The van der Waals surface area contributed by atoms with Crippen LogP contribution in [0.3, 0.4) is 0 Å². The Kier molecular flexibility index (Phi) is 3.26. The van der Waals surface area contributed by atoms with Crippen molar-refractivity contribution in [3.8, 4) is 22.6 Å². The van der Waals surface area contributed by atoms with Crippen molar-refractivity contribution in [1.29, 1.82) is 0 Å². The summed E-state index contributed by atoms with van der Waals surface area (Å²) in [7, 11) is 3.48. The van der Waals surface area contributed by atoms with E-state index >= 15 is 0 Å². The van der Waals surface area contributed by atoms with E-state index < -0.39 is 0 Å². The number of rotatable bonds is 4. The van der Waals surface area contributed by atoms with Gasteiger partial charge in [0.15, 0.2) is 11.5 Å². The maximum Gasteiger partial charge on any atom is 0.161 e. The highest BCUT2D eigenvalue weighted by molar-refractivity contribution is 5.75. The van der Waals surface area contributed by atoms with Crippen molar-refractivity contribution in [3.05, 3.63) is 24.4 Å². The third-order valence-corrected chi connectivity index (χ3v) is 3.81. The summed E-state index contributed by atoms with van der Waals surface area (Å²) in [5.74, 6) is 2.17. The fourth-order valence-electron chi connectivity index (χ4n) is 2.27. The molecular formula is C15H19N3O2. The first-order valence-corrected chi connectivity index (χ1v) is 6.81. The number of ether oxygens (including phenoxy) is 2. The Balaban J connectivity index is 1.91. The number of benzene rings is 1. The number of nitrogen functional groups attached to an aromatic ring is 1. The number of nitrogens with zero attached hydrogens (tertiary/aromatic N) is 2. The second kappa shape index (κ2) is 5.07. The molecule has 2 aromatic rings. The van der Waals surface area contributed by atoms with Crippen LogP contribution >= 0.6 is 0 Å². The normalized spacial score (nSPS) is 14.9. The molecule has 106 valence electrons. The number of aryl methyl sites for hydroxylation is 1. The lowest BCUT2D eigenvalue weighted by molar-refractivity contribution is 0.116. The molecule has 0 aliphatic heterocycles. The Labute approximate surface area is 118 Å². The Morgan fingerprint density at radius 1 is 1.30 bits per heavy atom. The van der Waals surface area contributed by atoms with Crippen molar-refractivity contribution in [2.45, 2.75) is 25.4 Å². The number of anilines is 1. The van der Waals surface area contributed by atoms with Gasteiger partial charge in [-0.1, -0.05) is 6.07 Å². The molecule has 1 aliphatic carbocycles. The number of hydrogen-bond acceptors (Lipinski definition) is 4. The largest absolute Gasteiger partial charge is 0.493 e. The third-order valence-electron chi connectivity index (χ3n) is 3.81. The van der Waals surface area contributed by atoms with Gasteiger partial charge in [0.25, 0.3) is 0 Å². The summed E-state index contributed by atoms with van der Waals surface area (Å²) in [5, 5.41) is 4.16. The van der Waals surface area contributed by atoms with Gasteiger partial charge in [-0.25, -0.2) is 0 Å². The van der Waals surface area contributed by atoms with Crippen LogP contribution in [0.5, 0.6) is 11.5 Å². The zero-order valence-corrected chi connectivity index (χ0v) is 11.8. The number of aromatic nitrogens is 2. The first-order chi connectivity index (χ1) is 9.69. The van der Waals surface area contributed by atoms with Gasteiger partial charge >= 0.3 is 0 Å². The Hall–Kier alpha value is -2.17. The van der Waals surface area contributed by atoms with Gasteiger partial charge < -0.3 is 15.2 Å². The lowest BCUT2D eigenvalue weighted by Crippen LogP contribution is -2.24. The van der Waals surface area contributed by atoms with Crippen LogP contribution < -0.4 is 15.2 Å². The van der Waals surface area contributed by atoms with Gasteiger partial charge in [-0.3, -0.25) is 4.68 Å². The molecule has 1 aromatic heterocycles. The smallest absolute Gasteiger partial charge is 0.161 e. The average Bonchev–Trinajstić information content (AvgIpc) is 2.74.